The fraction of sp³-hybridized carbons (Fsp3) is 0.667. The smallest absolute Gasteiger partial charge is 0.355 e. The summed E-state index contributed by atoms with van der Waals surface area (Å²) in [6.07, 6.45) is 1.46. The SMILES string of the molecule is COCC(C)NC[C@H]1CCC(=O)N1CCSc1nc(C(=O)O)cs1. The molecule has 0 spiro atoms. The van der Waals surface area contributed by atoms with Gasteiger partial charge in [-0.15, -0.1) is 11.3 Å². The van der Waals surface area contributed by atoms with Crippen molar-refractivity contribution in [2.24, 2.45) is 0 Å². The van der Waals surface area contributed by atoms with Crippen LogP contribution < -0.4 is 5.32 Å². The van der Waals surface area contributed by atoms with E-state index in [0.717, 1.165) is 17.3 Å². The van der Waals surface area contributed by atoms with Crippen LogP contribution in [0.25, 0.3) is 0 Å². The highest BCUT2D eigenvalue weighted by atomic mass is 32.2. The molecule has 0 bridgehead atoms. The van der Waals surface area contributed by atoms with E-state index in [1.807, 2.05) is 4.90 Å². The van der Waals surface area contributed by atoms with Crippen molar-refractivity contribution >= 4 is 35.0 Å². The maximum Gasteiger partial charge on any atom is 0.355 e. The summed E-state index contributed by atoms with van der Waals surface area (Å²) in [4.78, 5) is 28.9. The summed E-state index contributed by atoms with van der Waals surface area (Å²) in [7, 11) is 1.68. The van der Waals surface area contributed by atoms with E-state index < -0.39 is 5.97 Å². The number of nitrogens with zero attached hydrogens (tertiary/aromatic N) is 2. The maximum absolute atomic E-state index is 12.1. The van der Waals surface area contributed by atoms with Gasteiger partial charge in [-0.05, 0) is 13.3 Å². The van der Waals surface area contributed by atoms with Gasteiger partial charge in [0.05, 0.1) is 6.61 Å². The predicted octanol–water partition coefficient (Wildman–Crippen LogP) is 1.55. The topological polar surface area (TPSA) is 91.8 Å². The highest BCUT2D eigenvalue weighted by Crippen LogP contribution is 2.24. The molecule has 2 rings (SSSR count). The zero-order valence-corrected chi connectivity index (χ0v) is 15.5. The van der Waals surface area contributed by atoms with Crippen LogP contribution in [-0.4, -0.2) is 71.5 Å². The third-order valence-corrected chi connectivity index (χ3v) is 5.83. The Balaban J connectivity index is 1.78. The Hall–Kier alpha value is -1.16. The highest BCUT2D eigenvalue weighted by Gasteiger charge is 2.30. The summed E-state index contributed by atoms with van der Waals surface area (Å²) in [6, 6.07) is 0.468. The molecule has 1 amide bonds. The molecule has 0 aliphatic carbocycles. The lowest BCUT2D eigenvalue weighted by Crippen LogP contribution is -2.44. The number of nitrogens with one attached hydrogen (secondary N) is 1. The number of carbonyl (C=O) groups excluding carboxylic acids is 1. The Morgan fingerprint density at radius 2 is 2.46 bits per heavy atom. The number of aromatic nitrogens is 1. The summed E-state index contributed by atoms with van der Waals surface area (Å²) in [5, 5.41) is 13.8. The number of carboxylic acids is 1. The van der Waals surface area contributed by atoms with Crippen molar-refractivity contribution in [3.63, 3.8) is 0 Å². The first-order valence-electron chi connectivity index (χ1n) is 7.84. The third kappa shape index (κ3) is 5.44. The molecule has 1 fully saturated rings. The zero-order valence-electron chi connectivity index (χ0n) is 13.9. The second-order valence-corrected chi connectivity index (χ2v) is 7.90. The number of likely N-dealkylation sites (tertiary alicyclic amines) is 1. The summed E-state index contributed by atoms with van der Waals surface area (Å²) < 4.78 is 5.83. The van der Waals surface area contributed by atoms with Crippen molar-refractivity contribution in [1.29, 1.82) is 0 Å². The lowest BCUT2D eigenvalue weighted by molar-refractivity contribution is -0.128. The number of hydrogen-bond donors (Lipinski definition) is 2. The molecular weight excluding hydrogens is 350 g/mol. The van der Waals surface area contributed by atoms with E-state index in [4.69, 9.17) is 9.84 Å². The number of rotatable bonds is 10. The molecule has 1 unspecified atom stereocenters. The molecule has 2 heterocycles. The molecule has 1 saturated heterocycles. The second-order valence-electron chi connectivity index (χ2n) is 5.70. The average molecular weight is 374 g/mol. The van der Waals surface area contributed by atoms with Crippen molar-refractivity contribution in [2.45, 2.75) is 36.2 Å². The maximum atomic E-state index is 12.1. The molecule has 2 N–H and O–H groups in total. The van der Waals surface area contributed by atoms with E-state index in [-0.39, 0.29) is 23.7 Å². The molecular formula is C15H23N3O4S2. The van der Waals surface area contributed by atoms with Crippen LogP contribution in [0.5, 0.6) is 0 Å². The van der Waals surface area contributed by atoms with Gasteiger partial charge in [-0.1, -0.05) is 11.8 Å². The monoisotopic (exact) mass is 373 g/mol. The summed E-state index contributed by atoms with van der Waals surface area (Å²) in [6.45, 7) is 4.12. The predicted molar refractivity (Wildman–Crippen MR) is 93.9 cm³/mol. The molecule has 2 atom stereocenters. The van der Waals surface area contributed by atoms with E-state index >= 15 is 0 Å². The summed E-state index contributed by atoms with van der Waals surface area (Å²) >= 11 is 2.81. The van der Waals surface area contributed by atoms with Crippen molar-refractivity contribution in [3.8, 4) is 0 Å². The first-order chi connectivity index (χ1) is 11.5. The van der Waals surface area contributed by atoms with Gasteiger partial charge < -0.3 is 20.1 Å². The van der Waals surface area contributed by atoms with Crippen LogP contribution in [-0.2, 0) is 9.53 Å². The standard InChI is InChI=1S/C15H23N3O4S2/c1-10(8-22-2)16-7-11-3-4-13(19)18(11)5-6-23-15-17-12(9-24-15)14(20)21/h9-11,16H,3-8H2,1-2H3,(H,20,21)/t10?,11-/m1/s1. The minimum absolute atomic E-state index is 0.0777. The summed E-state index contributed by atoms with van der Waals surface area (Å²) in [5.74, 6) is -0.112. The second kappa shape index (κ2) is 9.36. The first-order valence-corrected chi connectivity index (χ1v) is 9.71. The molecule has 24 heavy (non-hydrogen) atoms. The number of thioether (sulfide) groups is 1. The van der Waals surface area contributed by atoms with Crippen molar-refractivity contribution < 1.29 is 19.4 Å². The van der Waals surface area contributed by atoms with E-state index in [9.17, 15) is 9.59 Å². The molecule has 7 nitrogen and oxygen atoms in total. The zero-order chi connectivity index (χ0) is 17.5. The number of amides is 1. The molecule has 1 aromatic heterocycles. The number of aromatic carboxylic acids is 1. The van der Waals surface area contributed by atoms with E-state index in [1.165, 1.54) is 28.5 Å². The molecule has 0 saturated carbocycles. The van der Waals surface area contributed by atoms with Gasteiger partial charge in [0.25, 0.3) is 0 Å². The minimum atomic E-state index is -1.01. The Morgan fingerprint density at radius 1 is 1.67 bits per heavy atom. The number of thiazole rings is 1. The van der Waals surface area contributed by atoms with E-state index in [1.54, 1.807) is 7.11 Å². The van der Waals surface area contributed by atoms with Crippen LogP contribution in [0.3, 0.4) is 0 Å². The van der Waals surface area contributed by atoms with Gasteiger partial charge in [0.2, 0.25) is 5.91 Å². The lowest BCUT2D eigenvalue weighted by atomic mass is 10.2. The van der Waals surface area contributed by atoms with Crippen LogP contribution in [0.15, 0.2) is 9.72 Å². The quantitative estimate of drug-likeness (QED) is 0.601. The Bertz CT molecular complexity index is 567. The third-order valence-electron chi connectivity index (χ3n) is 3.83. The van der Waals surface area contributed by atoms with Gasteiger partial charge in [0.1, 0.15) is 0 Å². The van der Waals surface area contributed by atoms with Crippen LogP contribution in [0, 0.1) is 0 Å². The summed E-state index contributed by atoms with van der Waals surface area (Å²) in [5.41, 5.74) is 0.0777. The highest BCUT2D eigenvalue weighted by molar-refractivity contribution is 8.01. The molecule has 0 radical (unpaired) electrons. The van der Waals surface area contributed by atoms with Crippen LogP contribution in [0.4, 0.5) is 0 Å². The van der Waals surface area contributed by atoms with Crippen LogP contribution >= 0.6 is 23.1 Å². The van der Waals surface area contributed by atoms with Gasteiger partial charge in [-0.25, -0.2) is 9.78 Å². The number of carboxylic acid groups (broad SMARTS) is 1. The lowest BCUT2D eigenvalue weighted by Gasteiger charge is -2.26. The van der Waals surface area contributed by atoms with Crippen molar-refractivity contribution in [2.75, 3.05) is 32.6 Å². The number of methoxy groups -OCH3 is 1. The van der Waals surface area contributed by atoms with Gasteiger partial charge in [-0.2, -0.15) is 0 Å². The Labute approximate surface area is 149 Å². The molecule has 134 valence electrons. The molecule has 1 aliphatic rings. The average Bonchev–Trinajstić information content (AvgIpc) is 3.14. The van der Waals surface area contributed by atoms with E-state index in [2.05, 4.69) is 17.2 Å². The fourth-order valence-corrected chi connectivity index (χ4v) is 4.42. The molecule has 0 aromatic carbocycles. The van der Waals surface area contributed by atoms with Crippen molar-refractivity contribution in [3.05, 3.63) is 11.1 Å². The Kier molecular flexibility index (Phi) is 7.47. The Morgan fingerprint density at radius 3 is 3.12 bits per heavy atom. The minimum Gasteiger partial charge on any atom is -0.476 e. The number of carbonyl (C=O) groups is 2. The van der Waals surface area contributed by atoms with Gasteiger partial charge in [-0.3, -0.25) is 4.79 Å². The number of ether oxygens (including phenoxy) is 1. The van der Waals surface area contributed by atoms with Gasteiger partial charge in [0, 0.05) is 49.8 Å². The molecule has 1 aliphatic heterocycles. The van der Waals surface area contributed by atoms with Crippen LogP contribution in [0.1, 0.15) is 30.3 Å². The molecule has 9 heteroatoms. The first kappa shape index (κ1) is 19.2. The number of hydrogen-bond acceptors (Lipinski definition) is 7. The van der Waals surface area contributed by atoms with Crippen LogP contribution in [0.2, 0.25) is 0 Å². The van der Waals surface area contributed by atoms with Crippen molar-refractivity contribution in [1.82, 2.24) is 15.2 Å². The molecule has 1 aromatic rings. The normalized spacial score (nSPS) is 19.0. The fourth-order valence-electron chi connectivity index (χ4n) is 2.61. The largest absolute Gasteiger partial charge is 0.476 e. The van der Waals surface area contributed by atoms with E-state index in [0.29, 0.717) is 25.3 Å². The van der Waals surface area contributed by atoms with Gasteiger partial charge in [0.15, 0.2) is 10.0 Å². The van der Waals surface area contributed by atoms with Gasteiger partial charge >= 0.3 is 5.97 Å².